The summed E-state index contributed by atoms with van der Waals surface area (Å²) >= 11 is 1.45. The minimum Gasteiger partial charge on any atom is -0.343 e. The quantitative estimate of drug-likeness (QED) is 0.535. The summed E-state index contributed by atoms with van der Waals surface area (Å²) in [5, 5.41) is 0.949. The van der Waals surface area contributed by atoms with Crippen molar-refractivity contribution in [2.75, 3.05) is 24.5 Å². The van der Waals surface area contributed by atoms with Crippen molar-refractivity contribution in [3.63, 3.8) is 0 Å². The van der Waals surface area contributed by atoms with Gasteiger partial charge in [-0.2, -0.15) is 4.37 Å². The highest BCUT2D eigenvalue weighted by Crippen LogP contribution is 2.23. The van der Waals surface area contributed by atoms with Gasteiger partial charge in [-0.05, 0) is 43.0 Å². The second-order valence-corrected chi connectivity index (χ2v) is 8.98. The average molecular weight is 435 g/mol. The van der Waals surface area contributed by atoms with Crippen LogP contribution < -0.4 is 4.90 Å². The summed E-state index contributed by atoms with van der Waals surface area (Å²) in [6, 6.07) is 18.6. The Labute approximate surface area is 188 Å². The number of rotatable bonds is 7. The van der Waals surface area contributed by atoms with E-state index in [2.05, 4.69) is 47.4 Å². The van der Waals surface area contributed by atoms with Crippen LogP contribution in [0.1, 0.15) is 54.0 Å². The SMILES string of the molecule is CCCCc1ccc(C(=O)N2CCN(c3nc(Cc4ccccc4)ns3)CC2C)cc1. The number of amides is 1. The van der Waals surface area contributed by atoms with Gasteiger partial charge in [-0.1, -0.05) is 55.8 Å². The molecule has 1 atom stereocenters. The highest BCUT2D eigenvalue weighted by molar-refractivity contribution is 7.09. The first-order valence-corrected chi connectivity index (χ1v) is 11.9. The topological polar surface area (TPSA) is 49.3 Å². The zero-order valence-corrected chi connectivity index (χ0v) is 19.1. The van der Waals surface area contributed by atoms with E-state index in [9.17, 15) is 4.79 Å². The normalized spacial score (nSPS) is 16.5. The summed E-state index contributed by atoms with van der Waals surface area (Å²) in [5.74, 6) is 0.983. The van der Waals surface area contributed by atoms with Gasteiger partial charge < -0.3 is 9.80 Å². The molecule has 1 aliphatic heterocycles. The maximum absolute atomic E-state index is 13.1. The first-order chi connectivity index (χ1) is 15.1. The number of carbonyl (C=O) groups is 1. The minimum atomic E-state index is 0.122. The summed E-state index contributed by atoms with van der Waals surface area (Å²) in [5.41, 5.74) is 3.30. The second kappa shape index (κ2) is 10.1. The van der Waals surface area contributed by atoms with Crippen molar-refractivity contribution in [2.45, 2.75) is 45.6 Å². The van der Waals surface area contributed by atoms with Crippen LogP contribution in [0.4, 0.5) is 5.13 Å². The Morgan fingerprint density at radius 1 is 1.06 bits per heavy atom. The van der Waals surface area contributed by atoms with Crippen LogP contribution in [0.2, 0.25) is 0 Å². The lowest BCUT2D eigenvalue weighted by Gasteiger charge is -2.39. The Hall–Kier alpha value is -2.73. The molecule has 6 heteroatoms. The fourth-order valence-electron chi connectivity index (χ4n) is 4.02. The molecule has 4 rings (SSSR count). The molecular weight excluding hydrogens is 404 g/mol. The van der Waals surface area contributed by atoms with Crippen LogP contribution in [-0.4, -0.2) is 45.8 Å². The van der Waals surface area contributed by atoms with Crippen LogP contribution >= 0.6 is 11.5 Å². The number of unbranched alkanes of at least 4 members (excludes halogenated alkanes) is 1. The van der Waals surface area contributed by atoms with Crippen LogP contribution in [-0.2, 0) is 12.8 Å². The number of carbonyl (C=O) groups excluding carboxylic acids is 1. The number of hydrogen-bond donors (Lipinski definition) is 0. The summed E-state index contributed by atoms with van der Waals surface area (Å²) in [6.45, 7) is 6.58. The molecule has 2 aromatic carbocycles. The Morgan fingerprint density at radius 3 is 2.55 bits per heavy atom. The van der Waals surface area contributed by atoms with E-state index in [4.69, 9.17) is 4.98 Å². The highest BCUT2D eigenvalue weighted by atomic mass is 32.1. The Balaban J connectivity index is 1.35. The van der Waals surface area contributed by atoms with E-state index in [1.807, 2.05) is 35.2 Å². The van der Waals surface area contributed by atoms with Crippen LogP contribution in [0.15, 0.2) is 54.6 Å². The minimum absolute atomic E-state index is 0.122. The smallest absolute Gasteiger partial charge is 0.254 e. The highest BCUT2D eigenvalue weighted by Gasteiger charge is 2.29. The molecule has 0 N–H and O–H groups in total. The zero-order chi connectivity index (χ0) is 21.6. The van der Waals surface area contributed by atoms with E-state index in [0.717, 1.165) is 42.5 Å². The monoisotopic (exact) mass is 434 g/mol. The van der Waals surface area contributed by atoms with Crippen molar-refractivity contribution < 1.29 is 4.79 Å². The summed E-state index contributed by atoms with van der Waals surface area (Å²) in [7, 11) is 0. The van der Waals surface area contributed by atoms with Gasteiger partial charge in [0.05, 0.1) is 0 Å². The zero-order valence-electron chi connectivity index (χ0n) is 18.3. The van der Waals surface area contributed by atoms with Gasteiger partial charge in [-0.25, -0.2) is 4.98 Å². The lowest BCUT2D eigenvalue weighted by Crippen LogP contribution is -2.54. The predicted molar refractivity (Wildman–Crippen MR) is 127 cm³/mol. The van der Waals surface area contributed by atoms with E-state index < -0.39 is 0 Å². The standard InChI is InChI=1S/C25H30N4OS/c1-3-4-8-20-11-13-22(14-12-20)24(30)29-16-15-28(18-19(29)2)25-26-23(27-31-25)17-21-9-6-5-7-10-21/h5-7,9-14,19H,3-4,8,15-18H2,1-2H3. The first kappa shape index (κ1) is 21.5. The van der Waals surface area contributed by atoms with E-state index >= 15 is 0 Å². The number of nitrogens with zero attached hydrogens (tertiary/aromatic N) is 4. The van der Waals surface area contributed by atoms with Crippen molar-refractivity contribution in [3.8, 4) is 0 Å². The molecule has 2 heterocycles. The molecule has 0 bridgehead atoms. The van der Waals surface area contributed by atoms with Crippen molar-refractivity contribution >= 4 is 22.6 Å². The summed E-state index contributed by atoms with van der Waals surface area (Å²) in [4.78, 5) is 22.1. The molecule has 1 aliphatic rings. The van der Waals surface area contributed by atoms with Crippen molar-refractivity contribution in [1.29, 1.82) is 0 Å². The molecular formula is C25H30N4OS. The third kappa shape index (κ3) is 5.31. The maximum Gasteiger partial charge on any atom is 0.254 e. The van der Waals surface area contributed by atoms with Gasteiger partial charge in [0.25, 0.3) is 5.91 Å². The summed E-state index contributed by atoms with van der Waals surface area (Å²) < 4.78 is 4.55. The first-order valence-electron chi connectivity index (χ1n) is 11.2. The molecule has 0 saturated carbocycles. The third-order valence-corrected chi connectivity index (χ3v) is 6.66. The van der Waals surface area contributed by atoms with Gasteiger partial charge in [-0.15, -0.1) is 0 Å². The van der Waals surface area contributed by atoms with E-state index in [-0.39, 0.29) is 11.9 Å². The predicted octanol–water partition coefficient (Wildman–Crippen LogP) is 4.82. The van der Waals surface area contributed by atoms with E-state index in [0.29, 0.717) is 6.54 Å². The fraction of sp³-hybridized carbons (Fsp3) is 0.400. The molecule has 0 radical (unpaired) electrons. The number of aryl methyl sites for hydroxylation is 1. The Kier molecular flexibility index (Phi) is 6.97. The molecule has 3 aromatic rings. The van der Waals surface area contributed by atoms with Gasteiger partial charge in [0, 0.05) is 49.2 Å². The molecule has 1 unspecified atom stereocenters. The molecule has 162 valence electrons. The average Bonchev–Trinajstić information content (AvgIpc) is 3.26. The second-order valence-electron chi connectivity index (χ2n) is 8.25. The Bertz CT molecular complexity index is 986. The van der Waals surface area contributed by atoms with Crippen LogP contribution in [0.5, 0.6) is 0 Å². The lowest BCUT2D eigenvalue weighted by molar-refractivity contribution is 0.0674. The molecule has 1 fully saturated rings. The number of hydrogen-bond acceptors (Lipinski definition) is 5. The number of aromatic nitrogens is 2. The van der Waals surface area contributed by atoms with Crippen LogP contribution in [0.25, 0.3) is 0 Å². The van der Waals surface area contributed by atoms with Crippen molar-refractivity contribution in [3.05, 3.63) is 77.1 Å². The van der Waals surface area contributed by atoms with E-state index in [1.54, 1.807) is 0 Å². The Morgan fingerprint density at radius 2 is 1.84 bits per heavy atom. The van der Waals surface area contributed by atoms with Crippen LogP contribution in [0, 0.1) is 0 Å². The van der Waals surface area contributed by atoms with Crippen LogP contribution in [0.3, 0.4) is 0 Å². The molecule has 1 saturated heterocycles. The van der Waals surface area contributed by atoms with Crippen molar-refractivity contribution in [1.82, 2.24) is 14.3 Å². The van der Waals surface area contributed by atoms with Crippen molar-refractivity contribution in [2.24, 2.45) is 0 Å². The fourth-order valence-corrected chi connectivity index (χ4v) is 4.74. The maximum atomic E-state index is 13.1. The van der Waals surface area contributed by atoms with Gasteiger partial charge >= 0.3 is 0 Å². The van der Waals surface area contributed by atoms with Gasteiger partial charge in [0.2, 0.25) is 5.13 Å². The molecule has 1 aromatic heterocycles. The van der Waals surface area contributed by atoms with Gasteiger partial charge in [0.1, 0.15) is 5.82 Å². The van der Waals surface area contributed by atoms with Gasteiger partial charge in [0.15, 0.2) is 0 Å². The molecule has 1 amide bonds. The lowest BCUT2D eigenvalue weighted by atomic mass is 10.0. The van der Waals surface area contributed by atoms with Gasteiger partial charge in [-0.3, -0.25) is 4.79 Å². The molecule has 5 nitrogen and oxygen atoms in total. The number of piperazine rings is 1. The molecule has 31 heavy (non-hydrogen) atoms. The summed E-state index contributed by atoms with van der Waals surface area (Å²) in [6.07, 6.45) is 4.20. The number of anilines is 1. The largest absolute Gasteiger partial charge is 0.343 e. The third-order valence-electron chi connectivity index (χ3n) is 5.84. The number of benzene rings is 2. The molecule has 0 aliphatic carbocycles. The van der Waals surface area contributed by atoms with E-state index in [1.165, 1.54) is 35.5 Å². The molecule has 0 spiro atoms.